The molecule has 0 bridgehead atoms. The van der Waals surface area contributed by atoms with Gasteiger partial charge in [-0.3, -0.25) is 4.79 Å². The van der Waals surface area contributed by atoms with Crippen LogP contribution < -0.4 is 0 Å². The van der Waals surface area contributed by atoms with E-state index in [1.54, 1.807) is 4.90 Å². The molecule has 1 amide bonds. The Bertz CT molecular complexity index is 454. The summed E-state index contributed by atoms with van der Waals surface area (Å²) in [5.41, 5.74) is 1.97. The maximum Gasteiger partial charge on any atom is 0.227 e. The number of aliphatic hydroxyl groups is 1. The molecule has 0 saturated carbocycles. The second kappa shape index (κ2) is 4.73. The normalized spacial score (nSPS) is 22.2. The predicted molar refractivity (Wildman–Crippen MR) is 71.3 cm³/mol. The Balaban J connectivity index is 2.09. The lowest BCUT2D eigenvalue weighted by Gasteiger charge is -2.31. The van der Waals surface area contributed by atoms with Crippen molar-refractivity contribution < 1.29 is 9.90 Å². The first-order valence-electron chi connectivity index (χ1n) is 6.42. The van der Waals surface area contributed by atoms with Gasteiger partial charge in [0.15, 0.2) is 0 Å². The molecule has 1 aliphatic rings. The Labute approximate surface area is 108 Å². The van der Waals surface area contributed by atoms with Crippen LogP contribution in [0.5, 0.6) is 0 Å². The number of hydrogen-bond acceptors (Lipinski definition) is 2. The van der Waals surface area contributed by atoms with Gasteiger partial charge in [-0.1, -0.05) is 29.8 Å². The molecule has 1 aliphatic heterocycles. The third-order valence-electron chi connectivity index (χ3n) is 3.60. The van der Waals surface area contributed by atoms with E-state index >= 15 is 0 Å². The number of amides is 1. The number of carbonyl (C=O) groups is 1. The summed E-state index contributed by atoms with van der Waals surface area (Å²) in [4.78, 5) is 14.1. The third-order valence-corrected chi connectivity index (χ3v) is 3.60. The Kier molecular flexibility index (Phi) is 3.44. The lowest BCUT2D eigenvalue weighted by atomic mass is 10.0. The van der Waals surface area contributed by atoms with E-state index in [0.29, 0.717) is 19.4 Å². The lowest BCUT2D eigenvalue weighted by molar-refractivity contribution is -0.133. The molecular formula is C15H21NO2. The van der Waals surface area contributed by atoms with Crippen molar-refractivity contribution in [3.63, 3.8) is 0 Å². The monoisotopic (exact) mass is 247 g/mol. The van der Waals surface area contributed by atoms with E-state index < -0.39 is 0 Å². The molecule has 1 heterocycles. The molecule has 1 unspecified atom stereocenters. The van der Waals surface area contributed by atoms with Gasteiger partial charge >= 0.3 is 0 Å². The number of nitrogens with zero attached hydrogens (tertiary/aromatic N) is 1. The zero-order valence-corrected chi connectivity index (χ0v) is 11.3. The molecule has 0 aromatic heterocycles. The fourth-order valence-corrected chi connectivity index (χ4v) is 2.74. The number of hydrogen-bond donors (Lipinski definition) is 1. The van der Waals surface area contributed by atoms with Crippen LogP contribution in [0.1, 0.15) is 31.4 Å². The zero-order chi connectivity index (χ0) is 13.3. The maximum atomic E-state index is 12.3. The second-order valence-corrected chi connectivity index (χ2v) is 5.84. The highest BCUT2D eigenvalue weighted by Crippen LogP contribution is 2.29. The summed E-state index contributed by atoms with van der Waals surface area (Å²) in [6, 6.07) is 8.02. The Morgan fingerprint density at radius 1 is 1.50 bits per heavy atom. The predicted octanol–water partition coefficient (Wildman–Crippen LogP) is 1.91. The van der Waals surface area contributed by atoms with Gasteiger partial charge in [-0.15, -0.1) is 0 Å². The van der Waals surface area contributed by atoms with Crippen molar-refractivity contribution in [2.45, 2.75) is 45.3 Å². The first-order valence-corrected chi connectivity index (χ1v) is 6.42. The number of carbonyl (C=O) groups excluding carboxylic acids is 1. The maximum absolute atomic E-state index is 12.3. The van der Waals surface area contributed by atoms with Crippen molar-refractivity contribution in [2.75, 3.05) is 6.54 Å². The molecule has 1 atom stereocenters. The Morgan fingerprint density at radius 2 is 2.22 bits per heavy atom. The number of aryl methyl sites for hydroxylation is 1. The van der Waals surface area contributed by atoms with Crippen LogP contribution in [0.15, 0.2) is 24.3 Å². The highest BCUT2D eigenvalue weighted by molar-refractivity contribution is 5.80. The van der Waals surface area contributed by atoms with Crippen molar-refractivity contribution in [1.29, 1.82) is 0 Å². The van der Waals surface area contributed by atoms with Gasteiger partial charge in [-0.05, 0) is 32.8 Å². The van der Waals surface area contributed by atoms with Gasteiger partial charge in [0, 0.05) is 12.1 Å². The summed E-state index contributed by atoms with van der Waals surface area (Å²) < 4.78 is 0. The molecule has 0 radical (unpaired) electrons. The Morgan fingerprint density at radius 3 is 2.78 bits per heavy atom. The van der Waals surface area contributed by atoms with E-state index in [2.05, 4.69) is 0 Å². The minimum Gasteiger partial charge on any atom is -0.391 e. The minimum absolute atomic E-state index is 0.0992. The second-order valence-electron chi connectivity index (χ2n) is 5.84. The average molecular weight is 247 g/mol. The number of benzene rings is 1. The van der Waals surface area contributed by atoms with Crippen LogP contribution in [0.25, 0.3) is 0 Å². The molecule has 2 rings (SSSR count). The van der Waals surface area contributed by atoms with Crippen molar-refractivity contribution in [2.24, 2.45) is 0 Å². The third kappa shape index (κ3) is 2.72. The quantitative estimate of drug-likeness (QED) is 0.867. The highest BCUT2D eigenvalue weighted by atomic mass is 16.3. The van der Waals surface area contributed by atoms with E-state index in [0.717, 1.165) is 5.56 Å². The summed E-state index contributed by atoms with van der Waals surface area (Å²) in [6.45, 7) is 6.50. The molecule has 1 N–H and O–H groups in total. The molecule has 1 aromatic carbocycles. The molecule has 98 valence electrons. The average Bonchev–Trinajstić information content (AvgIpc) is 2.51. The molecule has 18 heavy (non-hydrogen) atoms. The Hall–Kier alpha value is -1.35. The number of β-amino-alcohol motifs (C(OH)–C–C–N with tert-alkyl or cyclic N) is 1. The van der Waals surface area contributed by atoms with E-state index in [1.807, 2.05) is 45.0 Å². The molecular weight excluding hydrogens is 226 g/mol. The fraction of sp³-hybridized carbons (Fsp3) is 0.533. The molecule has 1 aromatic rings. The van der Waals surface area contributed by atoms with Gasteiger partial charge in [0.2, 0.25) is 5.91 Å². The molecule has 1 saturated heterocycles. The van der Waals surface area contributed by atoms with Crippen LogP contribution >= 0.6 is 0 Å². The van der Waals surface area contributed by atoms with E-state index in [9.17, 15) is 9.90 Å². The van der Waals surface area contributed by atoms with Crippen molar-refractivity contribution in [1.82, 2.24) is 4.90 Å². The van der Waals surface area contributed by atoms with Gasteiger partial charge in [-0.2, -0.15) is 0 Å². The topological polar surface area (TPSA) is 40.5 Å². The lowest BCUT2D eigenvalue weighted by Crippen LogP contribution is -2.43. The fourth-order valence-electron chi connectivity index (χ4n) is 2.74. The standard InChI is InChI=1S/C15H21NO2/c1-11-5-4-6-12(7-11)8-14(18)16-10-13(17)9-15(16,2)3/h4-7,13,17H,8-10H2,1-3H3. The first-order chi connectivity index (χ1) is 8.38. The zero-order valence-electron chi connectivity index (χ0n) is 11.3. The SMILES string of the molecule is Cc1cccc(CC(=O)N2CC(O)CC2(C)C)c1. The molecule has 0 aliphatic carbocycles. The van der Waals surface area contributed by atoms with Gasteiger partial charge in [0.05, 0.1) is 12.5 Å². The highest BCUT2D eigenvalue weighted by Gasteiger charge is 2.40. The smallest absolute Gasteiger partial charge is 0.227 e. The number of aliphatic hydroxyl groups excluding tert-OH is 1. The minimum atomic E-state index is -0.388. The van der Waals surface area contributed by atoms with Gasteiger partial charge in [0.25, 0.3) is 0 Å². The number of likely N-dealkylation sites (tertiary alicyclic amines) is 1. The van der Waals surface area contributed by atoms with Crippen LogP contribution in [0, 0.1) is 6.92 Å². The van der Waals surface area contributed by atoms with Crippen LogP contribution in [-0.2, 0) is 11.2 Å². The van der Waals surface area contributed by atoms with Crippen LogP contribution in [0.3, 0.4) is 0 Å². The van der Waals surface area contributed by atoms with Crippen molar-refractivity contribution in [3.05, 3.63) is 35.4 Å². The summed E-state index contributed by atoms with van der Waals surface area (Å²) in [6.07, 6.45) is 0.686. The van der Waals surface area contributed by atoms with Crippen LogP contribution in [0.2, 0.25) is 0 Å². The largest absolute Gasteiger partial charge is 0.391 e. The number of rotatable bonds is 2. The van der Waals surface area contributed by atoms with E-state index in [4.69, 9.17) is 0 Å². The summed E-state index contributed by atoms with van der Waals surface area (Å²) in [5, 5.41) is 9.70. The van der Waals surface area contributed by atoms with E-state index in [1.165, 1.54) is 5.56 Å². The van der Waals surface area contributed by atoms with Crippen LogP contribution in [-0.4, -0.2) is 34.1 Å². The molecule has 3 heteroatoms. The van der Waals surface area contributed by atoms with Gasteiger partial charge in [-0.25, -0.2) is 0 Å². The summed E-state index contributed by atoms with van der Waals surface area (Å²) in [7, 11) is 0. The van der Waals surface area contributed by atoms with Crippen molar-refractivity contribution in [3.8, 4) is 0 Å². The molecule has 1 fully saturated rings. The van der Waals surface area contributed by atoms with Gasteiger partial charge < -0.3 is 10.0 Å². The molecule has 3 nitrogen and oxygen atoms in total. The molecule has 0 spiro atoms. The van der Waals surface area contributed by atoms with Crippen molar-refractivity contribution >= 4 is 5.91 Å². The summed E-state index contributed by atoms with van der Waals surface area (Å²) in [5.74, 6) is 0.0992. The van der Waals surface area contributed by atoms with Crippen LogP contribution in [0.4, 0.5) is 0 Å². The summed E-state index contributed by atoms with van der Waals surface area (Å²) >= 11 is 0. The van der Waals surface area contributed by atoms with E-state index in [-0.39, 0.29) is 17.6 Å². The first kappa shape index (κ1) is 13.1. The van der Waals surface area contributed by atoms with Gasteiger partial charge in [0.1, 0.15) is 0 Å².